The molecule has 0 saturated carbocycles. The van der Waals surface area contributed by atoms with Crippen molar-refractivity contribution in [3.8, 4) is 11.8 Å². The number of hydrogen-bond acceptors (Lipinski definition) is 4. The molecule has 3 nitrogen and oxygen atoms in total. The Labute approximate surface area is 157 Å². The van der Waals surface area contributed by atoms with Gasteiger partial charge in [-0.2, -0.15) is 14.0 Å². The van der Waals surface area contributed by atoms with E-state index in [1.165, 1.54) is 17.4 Å². The van der Waals surface area contributed by atoms with Gasteiger partial charge in [0.15, 0.2) is 0 Å². The second-order valence-electron chi connectivity index (χ2n) is 5.73. The van der Waals surface area contributed by atoms with Crippen molar-refractivity contribution in [1.82, 2.24) is 4.98 Å². The molecular weight excluding hydrogens is 366 g/mol. The lowest BCUT2D eigenvalue weighted by Gasteiger charge is -2.11. The third-order valence-electron chi connectivity index (χ3n) is 4.08. The van der Waals surface area contributed by atoms with Crippen molar-refractivity contribution in [3.63, 3.8) is 0 Å². The molecule has 27 heavy (non-hydrogen) atoms. The van der Waals surface area contributed by atoms with Crippen molar-refractivity contribution in [2.24, 2.45) is 0 Å². The van der Waals surface area contributed by atoms with Crippen LogP contribution in [0.15, 0.2) is 60.7 Å². The van der Waals surface area contributed by atoms with Gasteiger partial charge in [0, 0.05) is 5.56 Å². The van der Waals surface area contributed by atoms with E-state index in [2.05, 4.69) is 15.8 Å². The monoisotopic (exact) mass is 378 g/mol. The molecule has 0 atom stereocenters. The average molecular weight is 378 g/mol. The molecule has 1 aromatic heterocycles. The van der Waals surface area contributed by atoms with Crippen LogP contribution in [0.3, 0.4) is 0 Å². The Kier molecular flexibility index (Phi) is 4.53. The Morgan fingerprint density at radius 3 is 2.63 bits per heavy atom. The fourth-order valence-electron chi connectivity index (χ4n) is 2.90. The lowest BCUT2D eigenvalue weighted by molar-refractivity contribution is -0.0498. The summed E-state index contributed by atoms with van der Waals surface area (Å²) in [4.78, 5) is 4.49. The van der Waals surface area contributed by atoms with Crippen LogP contribution in [0.2, 0.25) is 0 Å². The number of halogens is 2. The fraction of sp³-hybridized carbons (Fsp3) is 0.0476. The summed E-state index contributed by atoms with van der Waals surface area (Å²) in [6.45, 7) is -2.95. The van der Waals surface area contributed by atoms with Crippen LogP contribution in [0.25, 0.3) is 32.6 Å². The summed E-state index contributed by atoms with van der Waals surface area (Å²) in [5.41, 5.74) is 1.52. The minimum absolute atomic E-state index is 0.0255. The molecule has 0 N–H and O–H groups in total. The van der Waals surface area contributed by atoms with Gasteiger partial charge >= 0.3 is 6.61 Å². The number of nitrogens with zero attached hydrogens (tertiary/aromatic N) is 2. The van der Waals surface area contributed by atoms with Crippen LogP contribution in [-0.2, 0) is 0 Å². The molecule has 0 spiro atoms. The zero-order chi connectivity index (χ0) is 18.8. The van der Waals surface area contributed by atoms with Crippen LogP contribution in [0, 0.1) is 11.3 Å². The standard InChI is InChI=1S/C21H12F2N2OS/c22-21(23)26-18-10-9-13-5-1-2-6-15(13)16(18)11-14(12-24)20-25-17-7-3-4-8-19(17)27-20/h1-11,21H/b14-11+. The summed E-state index contributed by atoms with van der Waals surface area (Å²) in [6.07, 6.45) is 1.57. The zero-order valence-corrected chi connectivity index (χ0v) is 14.7. The van der Waals surface area contributed by atoms with E-state index in [-0.39, 0.29) is 5.75 Å². The largest absolute Gasteiger partial charge is 0.434 e. The number of ether oxygens (including phenoxy) is 1. The maximum Gasteiger partial charge on any atom is 0.387 e. The van der Waals surface area contributed by atoms with E-state index >= 15 is 0 Å². The number of aromatic nitrogens is 1. The van der Waals surface area contributed by atoms with Gasteiger partial charge in [0.2, 0.25) is 0 Å². The third kappa shape index (κ3) is 3.37. The molecule has 0 bridgehead atoms. The number of para-hydroxylation sites is 1. The minimum Gasteiger partial charge on any atom is -0.434 e. The van der Waals surface area contributed by atoms with E-state index in [1.807, 2.05) is 48.5 Å². The number of nitriles is 1. The lowest BCUT2D eigenvalue weighted by atomic mass is 10.0. The normalized spacial score (nSPS) is 11.9. The van der Waals surface area contributed by atoms with Crippen LogP contribution in [-0.4, -0.2) is 11.6 Å². The highest BCUT2D eigenvalue weighted by Gasteiger charge is 2.15. The summed E-state index contributed by atoms with van der Waals surface area (Å²) in [6, 6.07) is 20.3. The molecule has 0 radical (unpaired) electrons. The number of fused-ring (bicyclic) bond motifs is 2. The fourth-order valence-corrected chi connectivity index (χ4v) is 3.83. The van der Waals surface area contributed by atoms with Crippen molar-refractivity contribution < 1.29 is 13.5 Å². The molecule has 6 heteroatoms. The first-order valence-electron chi connectivity index (χ1n) is 8.10. The van der Waals surface area contributed by atoms with E-state index in [0.717, 1.165) is 21.0 Å². The summed E-state index contributed by atoms with van der Waals surface area (Å²) in [5.74, 6) is 0.0255. The van der Waals surface area contributed by atoms with Crippen LogP contribution < -0.4 is 4.74 Å². The predicted molar refractivity (Wildman–Crippen MR) is 104 cm³/mol. The van der Waals surface area contributed by atoms with E-state index in [9.17, 15) is 14.0 Å². The topological polar surface area (TPSA) is 45.9 Å². The molecule has 0 aliphatic heterocycles. The van der Waals surface area contributed by atoms with Crippen molar-refractivity contribution in [3.05, 3.63) is 71.2 Å². The van der Waals surface area contributed by atoms with Gasteiger partial charge in [-0.15, -0.1) is 11.3 Å². The molecule has 4 rings (SSSR count). The van der Waals surface area contributed by atoms with Crippen molar-refractivity contribution >= 4 is 44.0 Å². The maximum absolute atomic E-state index is 12.9. The van der Waals surface area contributed by atoms with Gasteiger partial charge in [-0.3, -0.25) is 0 Å². The van der Waals surface area contributed by atoms with E-state index in [0.29, 0.717) is 16.1 Å². The van der Waals surface area contributed by atoms with Gasteiger partial charge in [-0.05, 0) is 35.0 Å². The Hall–Kier alpha value is -3.30. The van der Waals surface area contributed by atoms with Gasteiger partial charge < -0.3 is 4.74 Å². The summed E-state index contributed by atoms with van der Waals surface area (Å²) in [5, 5.41) is 11.8. The molecular formula is C21H12F2N2OS. The minimum atomic E-state index is -2.95. The molecule has 0 aliphatic carbocycles. The average Bonchev–Trinajstić information content (AvgIpc) is 3.10. The first-order chi connectivity index (χ1) is 13.2. The van der Waals surface area contributed by atoms with Crippen LogP contribution in [0.4, 0.5) is 8.78 Å². The summed E-state index contributed by atoms with van der Waals surface area (Å²) in [7, 11) is 0. The second-order valence-corrected chi connectivity index (χ2v) is 6.76. The number of hydrogen-bond donors (Lipinski definition) is 0. The molecule has 0 saturated heterocycles. The first-order valence-corrected chi connectivity index (χ1v) is 8.91. The third-order valence-corrected chi connectivity index (χ3v) is 5.15. The molecule has 132 valence electrons. The maximum atomic E-state index is 12.9. The highest BCUT2D eigenvalue weighted by Crippen LogP contribution is 2.34. The Morgan fingerprint density at radius 1 is 1.07 bits per heavy atom. The van der Waals surface area contributed by atoms with Crippen molar-refractivity contribution in [2.45, 2.75) is 6.61 Å². The Balaban J connectivity index is 1.92. The molecule has 1 heterocycles. The second kappa shape index (κ2) is 7.14. The molecule has 0 aliphatic rings. The van der Waals surface area contributed by atoms with Crippen LogP contribution in [0.1, 0.15) is 10.6 Å². The number of benzene rings is 3. The lowest BCUT2D eigenvalue weighted by Crippen LogP contribution is -2.03. The number of allylic oxidation sites excluding steroid dienone is 1. The number of thiazole rings is 1. The SMILES string of the molecule is N#C/C(=C\c1c(OC(F)F)ccc2ccccc12)c1nc2ccccc2s1. The van der Waals surface area contributed by atoms with Crippen molar-refractivity contribution in [2.75, 3.05) is 0 Å². The highest BCUT2D eigenvalue weighted by atomic mass is 32.1. The number of rotatable bonds is 4. The zero-order valence-electron chi connectivity index (χ0n) is 13.9. The highest BCUT2D eigenvalue weighted by molar-refractivity contribution is 7.19. The number of alkyl halides is 2. The predicted octanol–water partition coefficient (Wildman–Crippen LogP) is 6.12. The van der Waals surface area contributed by atoms with Gasteiger partial charge in [0.1, 0.15) is 16.8 Å². The van der Waals surface area contributed by atoms with E-state index in [1.54, 1.807) is 12.1 Å². The molecule has 0 unspecified atom stereocenters. The Bertz CT molecular complexity index is 1170. The molecule has 4 aromatic rings. The summed E-state index contributed by atoms with van der Waals surface area (Å²) < 4.78 is 31.4. The van der Waals surface area contributed by atoms with Crippen LogP contribution in [0.5, 0.6) is 5.75 Å². The van der Waals surface area contributed by atoms with Gasteiger partial charge in [-0.25, -0.2) is 4.98 Å². The molecule has 3 aromatic carbocycles. The quantitative estimate of drug-likeness (QED) is 0.402. The first kappa shape index (κ1) is 17.1. The van der Waals surface area contributed by atoms with Gasteiger partial charge in [0.25, 0.3) is 0 Å². The van der Waals surface area contributed by atoms with Gasteiger partial charge in [0.05, 0.1) is 15.8 Å². The van der Waals surface area contributed by atoms with E-state index < -0.39 is 6.61 Å². The van der Waals surface area contributed by atoms with Crippen molar-refractivity contribution in [1.29, 1.82) is 5.26 Å². The summed E-state index contributed by atoms with van der Waals surface area (Å²) >= 11 is 1.38. The van der Waals surface area contributed by atoms with Gasteiger partial charge in [-0.1, -0.05) is 42.5 Å². The van der Waals surface area contributed by atoms with E-state index in [4.69, 9.17) is 0 Å². The smallest absolute Gasteiger partial charge is 0.387 e. The molecule has 0 fully saturated rings. The Morgan fingerprint density at radius 2 is 1.85 bits per heavy atom. The van der Waals surface area contributed by atoms with Crippen LogP contribution >= 0.6 is 11.3 Å². The molecule has 0 amide bonds.